The smallest absolute Gasteiger partial charge is 0.229 e. The molecule has 112 valence electrons. The van der Waals surface area contributed by atoms with Crippen LogP contribution in [-0.2, 0) is 10.0 Å². The topological polar surface area (TPSA) is 58.2 Å². The first-order valence-corrected chi connectivity index (χ1v) is 8.98. The second-order valence-electron chi connectivity index (χ2n) is 6.15. The van der Waals surface area contributed by atoms with E-state index in [4.69, 9.17) is 11.6 Å². The van der Waals surface area contributed by atoms with E-state index < -0.39 is 10.0 Å². The number of nitrogens with one attached hydrogen (secondary N) is 2. The number of benzene rings is 1. The maximum atomic E-state index is 11.3. The minimum Gasteiger partial charge on any atom is -0.381 e. The van der Waals surface area contributed by atoms with Gasteiger partial charge in [0.15, 0.2) is 0 Å². The van der Waals surface area contributed by atoms with Gasteiger partial charge in [0.05, 0.1) is 22.7 Å². The molecule has 1 aliphatic carbocycles. The molecule has 2 rings (SSSR count). The quantitative estimate of drug-likeness (QED) is 0.890. The summed E-state index contributed by atoms with van der Waals surface area (Å²) in [6.45, 7) is 4.48. The van der Waals surface area contributed by atoms with Crippen LogP contribution in [0.4, 0.5) is 11.4 Å². The fourth-order valence-electron chi connectivity index (χ4n) is 2.70. The Kier molecular flexibility index (Phi) is 4.21. The normalized spacial score (nSPS) is 21.7. The third-order valence-corrected chi connectivity index (χ3v) is 4.79. The highest BCUT2D eigenvalue weighted by atomic mass is 35.5. The lowest BCUT2D eigenvalue weighted by Crippen LogP contribution is -2.30. The van der Waals surface area contributed by atoms with Crippen LogP contribution in [0.15, 0.2) is 18.2 Å². The molecule has 1 fully saturated rings. The van der Waals surface area contributed by atoms with Crippen molar-refractivity contribution in [3.8, 4) is 0 Å². The van der Waals surface area contributed by atoms with Gasteiger partial charge < -0.3 is 5.32 Å². The number of halogens is 1. The summed E-state index contributed by atoms with van der Waals surface area (Å²) in [5.74, 6) is 0. The molecule has 1 aliphatic rings. The van der Waals surface area contributed by atoms with E-state index in [0.717, 1.165) is 18.4 Å². The molecule has 1 aromatic carbocycles. The Morgan fingerprint density at radius 3 is 2.60 bits per heavy atom. The second kappa shape index (κ2) is 5.45. The monoisotopic (exact) mass is 316 g/mol. The van der Waals surface area contributed by atoms with Gasteiger partial charge in [-0.2, -0.15) is 0 Å². The Balaban J connectivity index is 2.21. The van der Waals surface area contributed by atoms with Crippen molar-refractivity contribution < 1.29 is 8.42 Å². The third kappa shape index (κ3) is 3.79. The summed E-state index contributed by atoms with van der Waals surface area (Å²) in [7, 11) is -3.28. The molecule has 6 heteroatoms. The highest BCUT2D eigenvalue weighted by Crippen LogP contribution is 2.40. The van der Waals surface area contributed by atoms with Crippen LogP contribution in [0, 0.1) is 5.41 Å². The molecule has 0 aliphatic heterocycles. The van der Waals surface area contributed by atoms with Gasteiger partial charge in [-0.25, -0.2) is 8.42 Å². The Labute approximate surface area is 126 Å². The molecular formula is C14H21ClN2O2S. The zero-order valence-electron chi connectivity index (χ0n) is 12.0. The van der Waals surface area contributed by atoms with Crippen LogP contribution >= 0.6 is 11.6 Å². The van der Waals surface area contributed by atoms with Crippen LogP contribution < -0.4 is 10.0 Å². The van der Waals surface area contributed by atoms with Crippen LogP contribution in [0.1, 0.15) is 33.1 Å². The van der Waals surface area contributed by atoms with Gasteiger partial charge in [-0.15, -0.1) is 0 Å². The lowest BCUT2D eigenvalue weighted by Gasteiger charge is -2.29. The lowest BCUT2D eigenvalue weighted by molar-refractivity contribution is 0.350. The Morgan fingerprint density at radius 2 is 2.05 bits per heavy atom. The average Bonchev–Trinajstić information content (AvgIpc) is 2.61. The van der Waals surface area contributed by atoms with E-state index in [-0.39, 0.29) is 5.41 Å². The van der Waals surface area contributed by atoms with Crippen molar-refractivity contribution in [1.82, 2.24) is 0 Å². The molecule has 0 heterocycles. The van der Waals surface area contributed by atoms with Crippen molar-refractivity contribution in [2.24, 2.45) is 5.41 Å². The molecule has 0 amide bonds. The zero-order valence-corrected chi connectivity index (χ0v) is 13.6. The standard InChI is InChI=1S/C14H21ClN2O2S/c1-14(2)8-4-5-13(14)16-12-9-10(6-7-11(12)15)17-20(3,18)19/h6-7,9,13,16-17H,4-5,8H2,1-3H3. The van der Waals surface area contributed by atoms with E-state index >= 15 is 0 Å². The summed E-state index contributed by atoms with van der Waals surface area (Å²) in [5.41, 5.74) is 1.53. The highest BCUT2D eigenvalue weighted by Gasteiger charge is 2.34. The summed E-state index contributed by atoms with van der Waals surface area (Å²) in [6, 6.07) is 5.47. The minimum absolute atomic E-state index is 0.226. The van der Waals surface area contributed by atoms with Crippen LogP contribution in [-0.4, -0.2) is 20.7 Å². The molecule has 0 aromatic heterocycles. The van der Waals surface area contributed by atoms with Gasteiger partial charge >= 0.3 is 0 Å². The number of sulfonamides is 1. The largest absolute Gasteiger partial charge is 0.381 e. The number of hydrogen-bond donors (Lipinski definition) is 2. The molecule has 0 saturated heterocycles. The fraction of sp³-hybridized carbons (Fsp3) is 0.571. The third-order valence-electron chi connectivity index (χ3n) is 3.86. The molecular weight excluding hydrogens is 296 g/mol. The highest BCUT2D eigenvalue weighted by molar-refractivity contribution is 7.92. The SMILES string of the molecule is CC1(C)CCCC1Nc1cc(NS(C)(=O)=O)ccc1Cl. The van der Waals surface area contributed by atoms with E-state index in [2.05, 4.69) is 23.9 Å². The molecule has 1 unspecified atom stereocenters. The summed E-state index contributed by atoms with van der Waals surface area (Å²) < 4.78 is 25.0. The van der Waals surface area contributed by atoms with Crippen molar-refractivity contribution >= 4 is 33.0 Å². The Bertz CT molecular complexity index is 599. The maximum absolute atomic E-state index is 11.3. The van der Waals surface area contributed by atoms with Crippen molar-refractivity contribution in [2.75, 3.05) is 16.3 Å². The van der Waals surface area contributed by atoms with Gasteiger partial charge in [0.25, 0.3) is 0 Å². The first-order chi connectivity index (χ1) is 9.17. The van der Waals surface area contributed by atoms with Crippen LogP contribution in [0.25, 0.3) is 0 Å². The molecule has 1 atom stereocenters. The molecule has 0 spiro atoms. The van der Waals surface area contributed by atoms with Gasteiger partial charge in [-0.3, -0.25) is 4.72 Å². The van der Waals surface area contributed by atoms with E-state index in [0.29, 0.717) is 16.8 Å². The Morgan fingerprint density at radius 1 is 1.35 bits per heavy atom. The van der Waals surface area contributed by atoms with Gasteiger partial charge in [0, 0.05) is 6.04 Å². The maximum Gasteiger partial charge on any atom is 0.229 e. The summed E-state index contributed by atoms with van der Waals surface area (Å²) in [5, 5.41) is 4.06. The van der Waals surface area contributed by atoms with Gasteiger partial charge in [-0.1, -0.05) is 31.9 Å². The van der Waals surface area contributed by atoms with Crippen LogP contribution in [0.2, 0.25) is 5.02 Å². The molecule has 1 saturated carbocycles. The predicted molar refractivity (Wildman–Crippen MR) is 85.0 cm³/mol. The molecule has 4 nitrogen and oxygen atoms in total. The average molecular weight is 317 g/mol. The number of rotatable bonds is 4. The molecule has 20 heavy (non-hydrogen) atoms. The van der Waals surface area contributed by atoms with Crippen LogP contribution in [0.5, 0.6) is 0 Å². The molecule has 1 aromatic rings. The number of anilines is 2. The van der Waals surface area contributed by atoms with Crippen molar-refractivity contribution in [2.45, 2.75) is 39.2 Å². The van der Waals surface area contributed by atoms with Crippen LogP contribution in [0.3, 0.4) is 0 Å². The van der Waals surface area contributed by atoms with Gasteiger partial charge in [0.2, 0.25) is 10.0 Å². The first kappa shape index (κ1) is 15.4. The van der Waals surface area contributed by atoms with Crippen molar-refractivity contribution in [3.05, 3.63) is 23.2 Å². The van der Waals surface area contributed by atoms with E-state index in [1.54, 1.807) is 18.2 Å². The Hall–Kier alpha value is -0.940. The first-order valence-electron chi connectivity index (χ1n) is 6.71. The summed E-state index contributed by atoms with van der Waals surface area (Å²) in [6.07, 6.45) is 4.62. The predicted octanol–water partition coefficient (Wildman–Crippen LogP) is 3.70. The van der Waals surface area contributed by atoms with Gasteiger partial charge in [0.1, 0.15) is 0 Å². The summed E-state index contributed by atoms with van der Waals surface area (Å²) >= 11 is 6.20. The number of hydrogen-bond acceptors (Lipinski definition) is 3. The van der Waals surface area contributed by atoms with E-state index in [9.17, 15) is 8.42 Å². The molecule has 2 N–H and O–H groups in total. The molecule has 0 bridgehead atoms. The second-order valence-corrected chi connectivity index (χ2v) is 8.30. The van der Waals surface area contributed by atoms with Gasteiger partial charge in [-0.05, 0) is 36.5 Å². The lowest BCUT2D eigenvalue weighted by atomic mass is 9.87. The summed E-state index contributed by atoms with van der Waals surface area (Å²) in [4.78, 5) is 0. The fourth-order valence-corrected chi connectivity index (χ4v) is 3.42. The zero-order chi connectivity index (χ0) is 15.0. The van der Waals surface area contributed by atoms with E-state index in [1.807, 2.05) is 0 Å². The van der Waals surface area contributed by atoms with E-state index in [1.165, 1.54) is 12.8 Å². The van der Waals surface area contributed by atoms with Crippen molar-refractivity contribution in [3.63, 3.8) is 0 Å². The van der Waals surface area contributed by atoms with Crippen molar-refractivity contribution in [1.29, 1.82) is 0 Å². The minimum atomic E-state index is -3.28. The molecule has 0 radical (unpaired) electrons.